The Morgan fingerprint density at radius 3 is 1.28 bits per heavy atom. The topological polar surface area (TPSA) is 27.7 Å². The van der Waals surface area contributed by atoms with Gasteiger partial charge in [0.25, 0.3) is 0 Å². The van der Waals surface area contributed by atoms with Gasteiger partial charge in [0, 0.05) is 0 Å². The highest BCUT2D eigenvalue weighted by atomic mass is 28.5. The van der Waals surface area contributed by atoms with E-state index in [2.05, 4.69) is 65.8 Å². The summed E-state index contributed by atoms with van der Waals surface area (Å²) in [6.07, 6.45) is 0. The maximum atomic E-state index is 6.43. The van der Waals surface area contributed by atoms with E-state index in [-0.39, 0.29) is 0 Å². The Balaban J connectivity index is 4.80. The molecule has 0 aromatic rings. The van der Waals surface area contributed by atoms with Crippen molar-refractivity contribution >= 4 is 33.8 Å². The van der Waals surface area contributed by atoms with Crippen molar-refractivity contribution in [1.82, 2.24) is 0 Å². The lowest BCUT2D eigenvalue weighted by Gasteiger charge is -2.40. The van der Waals surface area contributed by atoms with E-state index in [0.29, 0.717) is 0 Å². The van der Waals surface area contributed by atoms with Crippen molar-refractivity contribution in [2.45, 2.75) is 71.9 Å². The molecule has 0 fully saturated rings. The van der Waals surface area contributed by atoms with Gasteiger partial charge in [0.2, 0.25) is 0 Å². The van der Waals surface area contributed by atoms with E-state index in [4.69, 9.17) is 12.3 Å². The molecule has 0 radical (unpaired) electrons. The van der Waals surface area contributed by atoms with Gasteiger partial charge in [-0.2, -0.15) is 0 Å². The highest BCUT2D eigenvalue weighted by Gasteiger charge is 2.43. The fourth-order valence-electron chi connectivity index (χ4n) is 2.09. The largest absolute Gasteiger partial charge is 0.437 e. The monoisotopic (exact) mass is 324 g/mol. The third-order valence-electron chi connectivity index (χ3n) is 2.18. The first kappa shape index (κ1) is 18.7. The smallest absolute Gasteiger partial charge is 0.315 e. The fourth-order valence-corrected chi connectivity index (χ4v) is 19.6. The highest BCUT2D eigenvalue weighted by Crippen LogP contribution is 2.26. The van der Waals surface area contributed by atoms with Crippen LogP contribution in [0.4, 0.5) is 0 Å². The third-order valence-corrected chi connectivity index (χ3v) is 15.7. The predicted octanol–water partition coefficient (Wildman–Crippen LogP) is 4.50. The van der Waals surface area contributed by atoms with Gasteiger partial charge in [-0.25, -0.2) is 0 Å². The molecular weight excluding hydrogens is 292 g/mol. The van der Waals surface area contributed by atoms with Crippen LogP contribution < -0.4 is 0 Å². The van der Waals surface area contributed by atoms with Crippen molar-refractivity contribution in [3.05, 3.63) is 0 Å². The zero-order valence-corrected chi connectivity index (χ0v) is 17.9. The summed E-state index contributed by atoms with van der Waals surface area (Å²) < 4.78 is 19.0. The van der Waals surface area contributed by atoms with E-state index >= 15 is 0 Å². The average Bonchev–Trinajstić information content (AvgIpc) is 1.93. The van der Waals surface area contributed by atoms with Gasteiger partial charge in [-0.1, -0.05) is 6.92 Å². The predicted molar refractivity (Wildman–Crippen MR) is 89.5 cm³/mol. The molecule has 0 aromatic heterocycles. The van der Waals surface area contributed by atoms with E-state index in [1.807, 2.05) is 0 Å². The second-order valence-corrected chi connectivity index (χ2v) is 24.1. The van der Waals surface area contributed by atoms with Gasteiger partial charge < -0.3 is 12.3 Å². The Morgan fingerprint density at radius 2 is 1.00 bits per heavy atom. The molecule has 0 heterocycles. The molecule has 18 heavy (non-hydrogen) atoms. The van der Waals surface area contributed by atoms with Crippen molar-refractivity contribution in [1.29, 1.82) is 0 Å². The summed E-state index contributed by atoms with van der Waals surface area (Å²) in [5.41, 5.74) is 0. The standard InChI is InChI=1S/C11H32O3Si4/c1-11-18(10,13-16(5,6)7)14-17(8,9)12-15(2,3)4/h11H2,1-10H3. The molecule has 0 amide bonds. The molecule has 110 valence electrons. The van der Waals surface area contributed by atoms with Crippen LogP contribution in [0.15, 0.2) is 0 Å². The molecule has 7 heteroatoms. The molecule has 0 saturated carbocycles. The highest BCUT2D eigenvalue weighted by molar-refractivity contribution is 6.89. The number of hydrogen-bond acceptors (Lipinski definition) is 3. The zero-order valence-electron chi connectivity index (χ0n) is 13.9. The third kappa shape index (κ3) is 8.78. The molecule has 0 rings (SSSR count). The Hall–Kier alpha value is 0.748. The van der Waals surface area contributed by atoms with Gasteiger partial charge in [0.1, 0.15) is 0 Å². The van der Waals surface area contributed by atoms with Crippen LogP contribution in [0, 0.1) is 0 Å². The lowest BCUT2D eigenvalue weighted by Crippen LogP contribution is -2.56. The summed E-state index contributed by atoms with van der Waals surface area (Å²) in [5.74, 6) is 0. The van der Waals surface area contributed by atoms with Crippen LogP contribution >= 0.6 is 0 Å². The average molecular weight is 325 g/mol. The maximum Gasteiger partial charge on any atom is 0.315 e. The minimum atomic E-state index is -2.07. The Kier molecular flexibility index (Phi) is 6.27. The molecular formula is C11H32O3Si4. The summed E-state index contributed by atoms with van der Waals surface area (Å²) in [4.78, 5) is 0. The molecule has 0 saturated heterocycles. The summed E-state index contributed by atoms with van der Waals surface area (Å²) >= 11 is 0. The second-order valence-electron chi connectivity index (χ2n) is 7.42. The normalized spacial score (nSPS) is 17.7. The van der Waals surface area contributed by atoms with Gasteiger partial charge in [0.15, 0.2) is 16.6 Å². The molecule has 0 aliphatic carbocycles. The quantitative estimate of drug-likeness (QED) is 0.645. The van der Waals surface area contributed by atoms with Gasteiger partial charge in [0.05, 0.1) is 0 Å². The van der Waals surface area contributed by atoms with Crippen LogP contribution in [0.25, 0.3) is 0 Å². The minimum Gasteiger partial charge on any atom is -0.437 e. The molecule has 1 unspecified atom stereocenters. The van der Waals surface area contributed by atoms with Gasteiger partial charge in [-0.3, -0.25) is 0 Å². The van der Waals surface area contributed by atoms with Gasteiger partial charge >= 0.3 is 17.1 Å². The Morgan fingerprint density at radius 1 is 0.611 bits per heavy atom. The first-order valence-corrected chi connectivity index (χ1v) is 18.9. The first-order valence-electron chi connectivity index (χ1n) is 6.79. The van der Waals surface area contributed by atoms with Crippen molar-refractivity contribution < 1.29 is 12.3 Å². The van der Waals surface area contributed by atoms with Crippen molar-refractivity contribution in [3.8, 4) is 0 Å². The van der Waals surface area contributed by atoms with E-state index in [9.17, 15) is 0 Å². The summed E-state index contributed by atoms with van der Waals surface area (Å²) in [6.45, 7) is 22.0. The van der Waals surface area contributed by atoms with Crippen molar-refractivity contribution in [2.75, 3.05) is 0 Å². The Bertz CT molecular complexity index is 270. The minimum absolute atomic E-state index is 0.989. The van der Waals surface area contributed by atoms with Crippen LogP contribution in [0.1, 0.15) is 6.92 Å². The van der Waals surface area contributed by atoms with Crippen LogP contribution in [0.2, 0.25) is 65.0 Å². The first-order chi connectivity index (χ1) is 7.68. The summed E-state index contributed by atoms with van der Waals surface area (Å²) in [7, 11) is -7.25. The number of rotatable bonds is 7. The van der Waals surface area contributed by atoms with E-state index < -0.39 is 33.8 Å². The molecule has 0 aliphatic heterocycles. The lowest BCUT2D eigenvalue weighted by atomic mass is 11.0. The van der Waals surface area contributed by atoms with E-state index in [1.165, 1.54) is 0 Å². The second kappa shape index (κ2) is 6.02. The molecule has 0 N–H and O–H groups in total. The summed E-state index contributed by atoms with van der Waals surface area (Å²) in [6, 6.07) is 0.989. The van der Waals surface area contributed by atoms with Gasteiger partial charge in [-0.05, 0) is 65.0 Å². The maximum absolute atomic E-state index is 6.43. The van der Waals surface area contributed by atoms with Gasteiger partial charge in [-0.15, -0.1) is 0 Å². The SMILES string of the molecule is CC[Si](C)(O[Si](C)(C)C)O[Si](C)(C)O[Si](C)(C)C. The Labute approximate surface area is 118 Å². The van der Waals surface area contributed by atoms with Crippen LogP contribution in [-0.2, 0) is 12.3 Å². The molecule has 0 aromatic carbocycles. The van der Waals surface area contributed by atoms with Crippen LogP contribution in [0.5, 0.6) is 0 Å². The molecule has 1 atom stereocenters. The molecule has 3 nitrogen and oxygen atoms in total. The van der Waals surface area contributed by atoms with E-state index in [1.54, 1.807) is 0 Å². The number of hydrogen-bond donors (Lipinski definition) is 0. The zero-order chi connectivity index (χ0) is 14.8. The van der Waals surface area contributed by atoms with E-state index in [0.717, 1.165) is 6.04 Å². The molecule has 0 aliphatic rings. The van der Waals surface area contributed by atoms with Crippen molar-refractivity contribution in [3.63, 3.8) is 0 Å². The fraction of sp³-hybridized carbons (Fsp3) is 1.00. The molecule has 0 spiro atoms. The van der Waals surface area contributed by atoms with Crippen LogP contribution in [-0.4, -0.2) is 33.8 Å². The summed E-state index contributed by atoms with van der Waals surface area (Å²) in [5, 5.41) is 0. The lowest BCUT2D eigenvalue weighted by molar-refractivity contribution is 0.325. The van der Waals surface area contributed by atoms with Crippen LogP contribution in [0.3, 0.4) is 0 Å². The van der Waals surface area contributed by atoms with Crippen molar-refractivity contribution in [2.24, 2.45) is 0 Å². The molecule has 0 bridgehead atoms.